The number of benzene rings is 1. The van der Waals surface area contributed by atoms with Crippen LogP contribution in [0.4, 0.5) is 26.3 Å². The van der Waals surface area contributed by atoms with Crippen molar-refractivity contribution in [1.82, 2.24) is 19.8 Å². The highest BCUT2D eigenvalue weighted by Crippen LogP contribution is 2.37. The minimum Gasteiger partial charge on any atom is -0.478 e. The average molecular weight is 886 g/mol. The topological polar surface area (TPSA) is 113 Å². The van der Waals surface area contributed by atoms with Crippen molar-refractivity contribution in [1.29, 1.82) is 0 Å². The van der Waals surface area contributed by atoms with E-state index in [9.17, 15) is 35.9 Å². The summed E-state index contributed by atoms with van der Waals surface area (Å²) in [4.78, 5) is 37.3. The van der Waals surface area contributed by atoms with E-state index in [4.69, 9.17) is 10.8 Å². The molecule has 0 unspecified atom stereocenters. The molecule has 3 N–H and O–H groups in total. The first-order chi connectivity index (χ1) is 29.5. The quantitative estimate of drug-likeness (QED) is 0.0935. The second-order valence-electron chi connectivity index (χ2n) is 17.1. The SMILES string of the molecule is C=C/C(=C(\C=C)C(F)(F)F)c1cc(C(=O)O)cc(C)n1.CC(C)[C@@H](N)CN1CCCCC1.Cc1cc(C(=O)C[C@@H](CN2CCCCC2)C(C)C)cc(-c2ccccc2C(F)(F)F)n1. The van der Waals surface area contributed by atoms with E-state index in [1.807, 2.05) is 0 Å². The first-order valence-electron chi connectivity index (χ1n) is 21.7. The van der Waals surface area contributed by atoms with Gasteiger partial charge in [-0.25, -0.2) is 4.79 Å². The van der Waals surface area contributed by atoms with Gasteiger partial charge in [-0.15, -0.1) is 0 Å². The first kappa shape index (κ1) is 52.7. The van der Waals surface area contributed by atoms with E-state index in [1.54, 1.807) is 19.1 Å². The Morgan fingerprint density at radius 3 is 1.79 bits per heavy atom. The van der Waals surface area contributed by atoms with Gasteiger partial charge in [0, 0.05) is 53.6 Å². The van der Waals surface area contributed by atoms with Gasteiger partial charge in [0.1, 0.15) is 0 Å². The molecule has 63 heavy (non-hydrogen) atoms. The number of rotatable bonds is 14. The molecule has 2 fully saturated rings. The summed E-state index contributed by atoms with van der Waals surface area (Å²) in [5, 5.41) is 8.93. The molecular weight excluding hydrogens is 821 g/mol. The number of carboxylic acids is 1. The predicted molar refractivity (Wildman–Crippen MR) is 239 cm³/mol. The number of carbonyl (C=O) groups is 2. The first-order valence-corrected chi connectivity index (χ1v) is 21.7. The number of aryl methyl sites for hydroxylation is 2. The maximum absolute atomic E-state index is 13.5. The Balaban J connectivity index is 0.000000281. The fourth-order valence-electron chi connectivity index (χ4n) is 7.57. The molecule has 0 saturated carbocycles. The Morgan fingerprint density at radius 2 is 1.30 bits per heavy atom. The van der Waals surface area contributed by atoms with Crippen LogP contribution in [0.3, 0.4) is 0 Å². The van der Waals surface area contributed by atoms with Crippen molar-refractivity contribution in [2.75, 3.05) is 39.3 Å². The van der Waals surface area contributed by atoms with Crippen molar-refractivity contribution in [3.63, 3.8) is 0 Å². The number of hydrogen-bond acceptors (Lipinski definition) is 7. The van der Waals surface area contributed by atoms with Crippen LogP contribution in [0.1, 0.15) is 116 Å². The number of aromatic nitrogens is 2. The highest BCUT2D eigenvalue weighted by molar-refractivity contribution is 5.97. The van der Waals surface area contributed by atoms with Crippen molar-refractivity contribution in [3.05, 3.63) is 113 Å². The molecule has 3 aromatic rings. The Labute approximate surface area is 369 Å². The number of alkyl halides is 6. The molecular formula is C49H65F6N5O3. The van der Waals surface area contributed by atoms with Gasteiger partial charge in [-0.1, -0.05) is 84.0 Å². The number of carboxylic acid groups (broad SMARTS) is 1. The standard InChI is InChI=1S/C25H31F3N2O.C14H12F3NO2.C10H22N2/c1-17(2)20(16-30-11-7-4-8-12-30)15-24(31)19-13-18(3)29-23(14-19)21-9-5-6-10-22(21)25(26,27)28;1-4-10(11(5-2)14(15,16)17)12-7-9(13(19)20)6-8(3)18-12;1-9(2)10(11)8-12-6-4-3-5-7-12/h5-6,9-10,13-14,17,20H,4,7-8,11-12,15-16H2,1-3H3;4-7H,1-2H2,3H3,(H,19,20);9-10H,3-8,11H2,1-2H3/b;11-10-;/t20-;;10-/m0.0/s1. The fourth-order valence-corrected chi connectivity index (χ4v) is 7.57. The number of nitrogens with zero attached hydrogens (tertiary/aromatic N) is 4. The number of aromatic carboxylic acids is 1. The normalized spacial score (nSPS) is 16.5. The molecule has 5 rings (SSSR count). The average Bonchev–Trinajstić information content (AvgIpc) is 3.22. The van der Waals surface area contributed by atoms with Gasteiger partial charge in [0.2, 0.25) is 0 Å². The van der Waals surface area contributed by atoms with Gasteiger partial charge in [-0.3, -0.25) is 14.8 Å². The second kappa shape index (κ2) is 24.4. The van der Waals surface area contributed by atoms with Crippen LogP contribution in [-0.4, -0.2) is 88.1 Å². The van der Waals surface area contributed by atoms with Crippen LogP contribution < -0.4 is 5.73 Å². The van der Waals surface area contributed by atoms with Crippen molar-refractivity contribution >= 4 is 17.3 Å². The monoisotopic (exact) mass is 885 g/mol. The third-order valence-corrected chi connectivity index (χ3v) is 11.4. The summed E-state index contributed by atoms with van der Waals surface area (Å²) in [7, 11) is 0. The number of pyridine rings is 2. The van der Waals surface area contributed by atoms with Crippen molar-refractivity contribution in [2.24, 2.45) is 23.5 Å². The van der Waals surface area contributed by atoms with E-state index >= 15 is 0 Å². The molecule has 0 bridgehead atoms. The number of carbonyl (C=O) groups excluding carboxylic acids is 1. The fraction of sp³-hybridized carbons (Fsp3) is 0.510. The van der Waals surface area contributed by atoms with Crippen LogP contribution in [-0.2, 0) is 6.18 Å². The lowest BCUT2D eigenvalue weighted by Gasteiger charge is -2.32. The third-order valence-electron chi connectivity index (χ3n) is 11.4. The number of ketones is 1. The van der Waals surface area contributed by atoms with Crippen LogP contribution in [0.15, 0.2) is 79.4 Å². The molecule has 0 radical (unpaired) electrons. The van der Waals surface area contributed by atoms with Crippen LogP contribution >= 0.6 is 0 Å². The maximum atomic E-state index is 13.5. The molecule has 346 valence electrons. The van der Waals surface area contributed by atoms with Crippen molar-refractivity contribution in [2.45, 2.75) is 105 Å². The number of halogens is 6. The summed E-state index contributed by atoms with van der Waals surface area (Å²) >= 11 is 0. The maximum Gasteiger partial charge on any atom is 0.417 e. The molecule has 0 aliphatic carbocycles. The number of allylic oxidation sites excluding steroid dienone is 4. The Kier molecular flexibility index (Phi) is 20.4. The molecule has 2 atom stereocenters. The Morgan fingerprint density at radius 1 is 0.762 bits per heavy atom. The number of hydrogen-bond donors (Lipinski definition) is 2. The molecule has 0 spiro atoms. The van der Waals surface area contributed by atoms with Crippen molar-refractivity contribution < 1.29 is 41.0 Å². The number of Topliss-reactive ketones (excluding diaryl/α,β-unsaturated/α-hetero) is 1. The zero-order valence-electron chi connectivity index (χ0n) is 37.6. The van der Waals surface area contributed by atoms with Crippen LogP contribution in [0, 0.1) is 31.6 Å². The molecule has 2 aliphatic rings. The lowest BCUT2D eigenvalue weighted by atomic mass is 9.87. The smallest absolute Gasteiger partial charge is 0.417 e. The van der Waals surface area contributed by atoms with Gasteiger partial charge < -0.3 is 20.6 Å². The minimum absolute atomic E-state index is 0.00137. The van der Waals surface area contributed by atoms with E-state index < -0.39 is 29.5 Å². The summed E-state index contributed by atoms with van der Waals surface area (Å²) in [5.41, 5.74) is 5.16. The van der Waals surface area contributed by atoms with Gasteiger partial charge in [-0.2, -0.15) is 26.3 Å². The minimum atomic E-state index is -4.62. The largest absolute Gasteiger partial charge is 0.478 e. The van der Waals surface area contributed by atoms with Gasteiger partial charge in [-0.05, 0) is 114 Å². The Hall–Kier alpha value is -4.66. The predicted octanol–water partition coefficient (Wildman–Crippen LogP) is 11.6. The van der Waals surface area contributed by atoms with Gasteiger partial charge in [0.05, 0.1) is 28.1 Å². The van der Waals surface area contributed by atoms with Gasteiger partial charge in [0.15, 0.2) is 5.78 Å². The highest BCUT2D eigenvalue weighted by Gasteiger charge is 2.35. The van der Waals surface area contributed by atoms with Crippen LogP contribution in [0.2, 0.25) is 0 Å². The van der Waals surface area contributed by atoms with E-state index in [0.717, 1.165) is 44.4 Å². The van der Waals surface area contributed by atoms with Crippen molar-refractivity contribution in [3.8, 4) is 11.3 Å². The van der Waals surface area contributed by atoms with Crippen LogP contribution in [0.25, 0.3) is 16.8 Å². The van der Waals surface area contributed by atoms with E-state index in [-0.39, 0.29) is 39.8 Å². The summed E-state index contributed by atoms with van der Waals surface area (Å²) in [6.45, 7) is 25.0. The molecule has 0 amide bonds. The molecule has 4 heterocycles. The van der Waals surface area contributed by atoms with Crippen LogP contribution in [0.5, 0.6) is 0 Å². The second-order valence-corrected chi connectivity index (χ2v) is 17.1. The van der Waals surface area contributed by atoms with Gasteiger partial charge in [0.25, 0.3) is 0 Å². The Bertz CT molecular complexity index is 2010. The number of piperidine rings is 2. The molecule has 2 aromatic heterocycles. The summed E-state index contributed by atoms with van der Waals surface area (Å²) < 4.78 is 79.1. The summed E-state index contributed by atoms with van der Waals surface area (Å²) in [6.07, 6.45) is 0.721. The highest BCUT2D eigenvalue weighted by atomic mass is 19.4. The van der Waals surface area contributed by atoms with Gasteiger partial charge >= 0.3 is 18.3 Å². The van der Waals surface area contributed by atoms with E-state index in [0.29, 0.717) is 47.3 Å². The number of nitrogens with two attached hydrogens (primary N) is 1. The molecule has 14 heteroatoms. The van der Waals surface area contributed by atoms with E-state index in [2.05, 4.69) is 60.6 Å². The summed E-state index contributed by atoms with van der Waals surface area (Å²) in [5.74, 6) is -0.101. The lowest BCUT2D eigenvalue weighted by molar-refractivity contribution is -0.137. The summed E-state index contributed by atoms with van der Waals surface area (Å²) in [6, 6.07) is 11.3. The zero-order valence-corrected chi connectivity index (χ0v) is 37.6. The van der Waals surface area contributed by atoms with E-state index in [1.165, 1.54) is 82.8 Å². The molecule has 2 saturated heterocycles. The molecule has 2 aliphatic heterocycles. The third kappa shape index (κ3) is 16.8. The number of likely N-dealkylation sites (tertiary alicyclic amines) is 2. The lowest BCUT2D eigenvalue weighted by Crippen LogP contribution is -2.42. The molecule has 8 nitrogen and oxygen atoms in total. The zero-order chi connectivity index (χ0) is 47.1. The molecule has 1 aromatic carbocycles.